The highest BCUT2D eigenvalue weighted by atomic mass is 32.2. The van der Waals surface area contributed by atoms with Crippen molar-refractivity contribution < 1.29 is 4.92 Å². The molecule has 0 saturated carbocycles. The molecule has 0 saturated heterocycles. The number of H-pyrrole nitrogens is 1. The molecule has 2 heterocycles. The van der Waals surface area contributed by atoms with Crippen LogP contribution in [0.4, 0.5) is 5.69 Å². The number of hydrogen-bond donors (Lipinski definition) is 1. The molecule has 0 fully saturated rings. The Bertz CT molecular complexity index is 1120. The zero-order valence-corrected chi connectivity index (χ0v) is 15.7. The van der Waals surface area contributed by atoms with Gasteiger partial charge in [-0.1, -0.05) is 37.2 Å². The van der Waals surface area contributed by atoms with E-state index in [1.165, 1.54) is 12.1 Å². The van der Waals surface area contributed by atoms with E-state index in [0.29, 0.717) is 11.3 Å². The van der Waals surface area contributed by atoms with E-state index in [-0.39, 0.29) is 5.69 Å². The standard InChI is InChI=1S/C19H19N5O2S/c1-2-3-10-23-17-7-5-4-6-15(17)22-19(23)27-12-18-20-14-9-8-13(24(25)26)11-16(14)21-18/h4-9,11H,2-3,10,12H2,1H3,(H,20,21). The van der Waals surface area contributed by atoms with E-state index in [9.17, 15) is 10.1 Å². The summed E-state index contributed by atoms with van der Waals surface area (Å²) in [5, 5.41) is 11.9. The molecule has 1 N–H and O–H groups in total. The van der Waals surface area contributed by atoms with Gasteiger partial charge >= 0.3 is 0 Å². The number of hydrogen-bond acceptors (Lipinski definition) is 5. The van der Waals surface area contributed by atoms with Crippen molar-refractivity contribution >= 4 is 39.5 Å². The van der Waals surface area contributed by atoms with Crippen LogP contribution in [0.25, 0.3) is 22.1 Å². The quantitative estimate of drug-likeness (QED) is 0.279. The Morgan fingerprint density at radius 3 is 2.85 bits per heavy atom. The molecule has 0 aliphatic rings. The summed E-state index contributed by atoms with van der Waals surface area (Å²) in [4.78, 5) is 23.0. The molecule has 0 amide bonds. The van der Waals surface area contributed by atoms with Crippen LogP contribution in [-0.2, 0) is 12.3 Å². The lowest BCUT2D eigenvalue weighted by molar-refractivity contribution is -0.384. The smallest absolute Gasteiger partial charge is 0.271 e. The fourth-order valence-corrected chi connectivity index (χ4v) is 3.97. The minimum absolute atomic E-state index is 0.0618. The van der Waals surface area contributed by atoms with Crippen LogP contribution in [0.2, 0.25) is 0 Å². The van der Waals surface area contributed by atoms with Crippen LogP contribution in [0.3, 0.4) is 0 Å². The second-order valence-electron chi connectivity index (χ2n) is 6.32. The van der Waals surface area contributed by atoms with E-state index >= 15 is 0 Å². The summed E-state index contributed by atoms with van der Waals surface area (Å²) in [6, 6.07) is 12.8. The maximum Gasteiger partial charge on any atom is 0.271 e. The number of nitrogens with one attached hydrogen (secondary N) is 1. The predicted octanol–water partition coefficient (Wildman–Crippen LogP) is 4.91. The molecule has 0 atom stereocenters. The Morgan fingerprint density at radius 1 is 1.19 bits per heavy atom. The summed E-state index contributed by atoms with van der Waals surface area (Å²) in [6.07, 6.45) is 2.22. The van der Waals surface area contributed by atoms with Gasteiger partial charge < -0.3 is 9.55 Å². The van der Waals surface area contributed by atoms with E-state index in [2.05, 4.69) is 27.5 Å². The molecule has 0 aliphatic carbocycles. The van der Waals surface area contributed by atoms with Gasteiger partial charge in [-0.2, -0.15) is 0 Å². The molecule has 4 rings (SSSR count). The lowest BCUT2D eigenvalue weighted by Gasteiger charge is -2.07. The second-order valence-corrected chi connectivity index (χ2v) is 7.26. The van der Waals surface area contributed by atoms with Gasteiger partial charge in [-0.15, -0.1) is 0 Å². The van der Waals surface area contributed by atoms with Crippen molar-refractivity contribution in [3.63, 3.8) is 0 Å². The minimum atomic E-state index is -0.398. The Balaban J connectivity index is 1.59. The monoisotopic (exact) mass is 381 g/mol. The van der Waals surface area contributed by atoms with Crippen LogP contribution < -0.4 is 0 Å². The lowest BCUT2D eigenvalue weighted by Crippen LogP contribution is -2.00. The third kappa shape index (κ3) is 3.52. The number of imidazole rings is 2. The second kappa shape index (κ2) is 7.40. The fraction of sp³-hybridized carbons (Fsp3) is 0.263. The van der Waals surface area contributed by atoms with E-state index in [1.807, 2.05) is 18.2 Å². The molecule has 0 radical (unpaired) electrons. The first-order chi connectivity index (χ1) is 13.2. The van der Waals surface area contributed by atoms with E-state index in [0.717, 1.165) is 46.9 Å². The number of para-hydroxylation sites is 2. The number of unbranched alkanes of at least 4 members (excludes halogenated alkanes) is 1. The highest BCUT2D eigenvalue weighted by Crippen LogP contribution is 2.28. The number of nitrogens with zero attached hydrogens (tertiary/aromatic N) is 4. The number of nitro benzene ring substituents is 1. The maximum absolute atomic E-state index is 10.9. The average Bonchev–Trinajstić information content (AvgIpc) is 3.24. The highest BCUT2D eigenvalue weighted by molar-refractivity contribution is 7.98. The third-order valence-electron chi connectivity index (χ3n) is 4.42. The number of rotatable bonds is 7. The van der Waals surface area contributed by atoms with Crippen molar-refractivity contribution in [2.45, 2.75) is 37.2 Å². The first-order valence-corrected chi connectivity index (χ1v) is 9.85. The van der Waals surface area contributed by atoms with Gasteiger partial charge in [0.1, 0.15) is 5.82 Å². The summed E-state index contributed by atoms with van der Waals surface area (Å²) in [6.45, 7) is 3.12. The molecular formula is C19H19N5O2S. The van der Waals surface area contributed by atoms with Crippen molar-refractivity contribution in [2.24, 2.45) is 0 Å². The molecule has 0 aliphatic heterocycles. The molecule has 0 unspecified atom stereocenters. The van der Waals surface area contributed by atoms with Gasteiger partial charge in [0.15, 0.2) is 5.16 Å². The molecular weight excluding hydrogens is 362 g/mol. The molecule has 0 bridgehead atoms. The lowest BCUT2D eigenvalue weighted by atomic mass is 10.3. The number of fused-ring (bicyclic) bond motifs is 2. The van der Waals surface area contributed by atoms with E-state index < -0.39 is 4.92 Å². The number of aromatic nitrogens is 4. The first-order valence-electron chi connectivity index (χ1n) is 8.87. The van der Waals surface area contributed by atoms with Crippen LogP contribution in [0.5, 0.6) is 0 Å². The van der Waals surface area contributed by atoms with E-state index in [1.54, 1.807) is 17.8 Å². The third-order valence-corrected chi connectivity index (χ3v) is 5.41. The number of non-ortho nitro benzene ring substituents is 1. The van der Waals surface area contributed by atoms with Gasteiger partial charge in [-0.05, 0) is 24.6 Å². The average molecular weight is 381 g/mol. The predicted molar refractivity (Wildman–Crippen MR) is 107 cm³/mol. The van der Waals surface area contributed by atoms with E-state index in [4.69, 9.17) is 4.98 Å². The van der Waals surface area contributed by atoms with Crippen molar-refractivity contribution in [1.82, 2.24) is 19.5 Å². The van der Waals surface area contributed by atoms with Crippen molar-refractivity contribution in [2.75, 3.05) is 0 Å². The summed E-state index contributed by atoms with van der Waals surface area (Å²) < 4.78 is 2.26. The zero-order chi connectivity index (χ0) is 18.8. The largest absolute Gasteiger partial charge is 0.341 e. The molecule has 138 valence electrons. The molecule has 0 spiro atoms. The van der Waals surface area contributed by atoms with Crippen molar-refractivity contribution in [3.8, 4) is 0 Å². The molecule has 27 heavy (non-hydrogen) atoms. The van der Waals surface area contributed by atoms with Gasteiger partial charge in [0.2, 0.25) is 0 Å². The molecule has 2 aromatic heterocycles. The van der Waals surface area contributed by atoms with Gasteiger partial charge in [-0.3, -0.25) is 10.1 Å². The topological polar surface area (TPSA) is 89.6 Å². The Kier molecular flexibility index (Phi) is 4.81. The number of aryl methyl sites for hydroxylation is 1. The Morgan fingerprint density at radius 2 is 2.04 bits per heavy atom. The SMILES string of the molecule is CCCCn1c(SCc2nc3ccc([N+](=O)[O-])cc3[nH]2)nc2ccccc21. The fourth-order valence-electron chi connectivity index (χ4n) is 3.06. The molecule has 7 nitrogen and oxygen atoms in total. The van der Waals surface area contributed by atoms with Crippen LogP contribution >= 0.6 is 11.8 Å². The highest BCUT2D eigenvalue weighted by Gasteiger charge is 2.13. The number of aromatic amines is 1. The zero-order valence-electron chi connectivity index (χ0n) is 14.9. The van der Waals surface area contributed by atoms with Crippen LogP contribution in [0, 0.1) is 10.1 Å². The minimum Gasteiger partial charge on any atom is -0.341 e. The van der Waals surface area contributed by atoms with Gasteiger partial charge in [0, 0.05) is 18.7 Å². The van der Waals surface area contributed by atoms with Crippen LogP contribution in [0.15, 0.2) is 47.6 Å². The van der Waals surface area contributed by atoms with Crippen LogP contribution in [-0.4, -0.2) is 24.4 Å². The van der Waals surface area contributed by atoms with Crippen molar-refractivity contribution in [1.29, 1.82) is 0 Å². The first kappa shape index (κ1) is 17.5. The number of thioether (sulfide) groups is 1. The molecule has 4 aromatic rings. The Hall–Kier alpha value is -2.87. The van der Waals surface area contributed by atoms with Crippen LogP contribution in [0.1, 0.15) is 25.6 Å². The maximum atomic E-state index is 10.9. The van der Waals surface area contributed by atoms with Gasteiger partial charge in [0.05, 0.1) is 32.7 Å². The normalized spacial score (nSPS) is 11.4. The summed E-state index contributed by atoms with van der Waals surface area (Å²) >= 11 is 1.63. The molecule has 8 heteroatoms. The van der Waals surface area contributed by atoms with Crippen molar-refractivity contribution in [3.05, 3.63) is 58.4 Å². The summed E-state index contributed by atoms with van der Waals surface area (Å²) in [5.41, 5.74) is 3.62. The summed E-state index contributed by atoms with van der Waals surface area (Å²) in [7, 11) is 0. The molecule has 2 aromatic carbocycles. The number of benzene rings is 2. The van der Waals surface area contributed by atoms with Gasteiger partial charge in [-0.25, -0.2) is 9.97 Å². The Labute approximate surface area is 160 Å². The number of nitro groups is 1. The van der Waals surface area contributed by atoms with Gasteiger partial charge in [0.25, 0.3) is 5.69 Å². The summed E-state index contributed by atoms with van der Waals surface area (Å²) in [5.74, 6) is 1.40.